The molecule has 4 rings (SSSR count). The molecule has 172 valence electrons. The third kappa shape index (κ3) is 4.29. The Kier molecular flexibility index (Phi) is 6.34. The molecule has 0 unspecified atom stereocenters. The summed E-state index contributed by atoms with van der Waals surface area (Å²) in [6.45, 7) is 3.72. The molecule has 1 amide bonds. The van der Waals surface area contributed by atoms with Gasteiger partial charge >= 0.3 is 0 Å². The second-order valence-electron chi connectivity index (χ2n) is 9.54. The standard InChI is InChI=1S/C25H33N3O4/c1-17-26-13-10-20(27-17)23(31)28(3)21-9-11-25(12-14-29)16-19(18-7-5-4-6-8-18)15-24(2,32-25)22(21)30/h4-8,10,13,19,21-22,29-30H,9,11-12,14-16H2,1-3H3/t19-,21+,22-,24+,25-/m1/s1. The van der Waals surface area contributed by atoms with Crippen LogP contribution in [0.4, 0.5) is 0 Å². The Hall–Kier alpha value is -2.35. The number of ether oxygens (including phenoxy) is 1. The topological polar surface area (TPSA) is 95.8 Å². The van der Waals surface area contributed by atoms with Gasteiger partial charge in [-0.05, 0) is 63.5 Å². The summed E-state index contributed by atoms with van der Waals surface area (Å²) in [5, 5.41) is 21.4. The number of amides is 1. The van der Waals surface area contributed by atoms with Crippen molar-refractivity contribution < 1.29 is 19.7 Å². The summed E-state index contributed by atoms with van der Waals surface area (Å²) in [6.07, 6.45) is 3.90. The largest absolute Gasteiger partial charge is 0.396 e. The number of carbonyl (C=O) groups excluding carboxylic acids is 1. The average molecular weight is 440 g/mol. The Labute approximate surface area is 189 Å². The van der Waals surface area contributed by atoms with E-state index in [1.165, 1.54) is 5.56 Å². The number of nitrogens with zero attached hydrogens (tertiary/aromatic N) is 3. The third-order valence-corrected chi connectivity index (χ3v) is 7.26. The van der Waals surface area contributed by atoms with Crippen molar-refractivity contribution in [1.82, 2.24) is 14.9 Å². The lowest BCUT2D eigenvalue weighted by molar-refractivity contribution is -0.225. The molecule has 2 fully saturated rings. The van der Waals surface area contributed by atoms with Crippen LogP contribution in [0.1, 0.15) is 66.8 Å². The van der Waals surface area contributed by atoms with Crippen LogP contribution >= 0.6 is 0 Å². The first-order valence-corrected chi connectivity index (χ1v) is 11.4. The predicted molar refractivity (Wildman–Crippen MR) is 120 cm³/mol. The van der Waals surface area contributed by atoms with Crippen LogP contribution in [-0.4, -0.2) is 68.0 Å². The molecule has 2 aromatic rings. The maximum absolute atomic E-state index is 13.2. The zero-order valence-electron chi connectivity index (χ0n) is 19.1. The third-order valence-electron chi connectivity index (χ3n) is 7.26. The first-order chi connectivity index (χ1) is 15.3. The fraction of sp³-hybridized carbons (Fsp3) is 0.560. The molecule has 7 heteroatoms. The van der Waals surface area contributed by atoms with Gasteiger partial charge in [0, 0.05) is 19.9 Å². The summed E-state index contributed by atoms with van der Waals surface area (Å²) in [5.74, 6) is 0.500. The smallest absolute Gasteiger partial charge is 0.272 e. The van der Waals surface area contributed by atoms with Gasteiger partial charge in [-0.2, -0.15) is 0 Å². The summed E-state index contributed by atoms with van der Waals surface area (Å²) in [6, 6.07) is 11.5. The second-order valence-corrected chi connectivity index (χ2v) is 9.54. The SMILES string of the molecule is Cc1nccc(C(=O)N(C)[C@H]2CC[C@@]3(CCO)C[C@H](c4ccccc4)C[C@](C)(O3)[C@@H]2O)n1. The number of likely N-dealkylation sites (N-methyl/N-ethyl adjacent to an activating group) is 1. The molecular weight excluding hydrogens is 406 g/mol. The Morgan fingerprint density at radius 3 is 2.69 bits per heavy atom. The first-order valence-electron chi connectivity index (χ1n) is 11.4. The molecule has 0 saturated carbocycles. The zero-order chi connectivity index (χ0) is 22.9. The molecule has 1 aromatic heterocycles. The fourth-order valence-electron chi connectivity index (χ4n) is 5.65. The van der Waals surface area contributed by atoms with E-state index in [-0.39, 0.29) is 18.4 Å². The van der Waals surface area contributed by atoms with E-state index in [2.05, 4.69) is 22.1 Å². The van der Waals surface area contributed by atoms with Gasteiger partial charge < -0.3 is 19.8 Å². The van der Waals surface area contributed by atoms with Gasteiger partial charge in [0.2, 0.25) is 0 Å². The Bertz CT molecular complexity index is 955. The normalized spacial score (nSPS) is 32.2. The summed E-state index contributed by atoms with van der Waals surface area (Å²) in [7, 11) is 1.72. The maximum atomic E-state index is 13.2. The second kappa shape index (κ2) is 8.89. The fourth-order valence-corrected chi connectivity index (χ4v) is 5.65. The van der Waals surface area contributed by atoms with E-state index in [0.29, 0.717) is 37.2 Å². The summed E-state index contributed by atoms with van der Waals surface area (Å²) in [5.41, 5.74) is 0.159. The molecule has 0 aliphatic carbocycles. The number of fused-ring (bicyclic) bond motifs is 2. The van der Waals surface area contributed by atoms with Crippen molar-refractivity contribution >= 4 is 5.91 Å². The molecule has 2 aliphatic heterocycles. The van der Waals surface area contributed by atoms with Gasteiger partial charge in [0.05, 0.1) is 17.2 Å². The number of hydrogen-bond donors (Lipinski definition) is 2. The number of aliphatic hydroxyl groups excluding tert-OH is 2. The predicted octanol–water partition coefficient (Wildman–Crippen LogP) is 2.85. The van der Waals surface area contributed by atoms with Crippen molar-refractivity contribution in [1.29, 1.82) is 0 Å². The highest BCUT2D eigenvalue weighted by Gasteiger charge is 2.55. The lowest BCUT2D eigenvalue weighted by Crippen LogP contribution is -2.58. The highest BCUT2D eigenvalue weighted by atomic mass is 16.5. The van der Waals surface area contributed by atoms with Gasteiger partial charge in [0.25, 0.3) is 5.91 Å². The molecule has 0 radical (unpaired) electrons. The average Bonchev–Trinajstić information content (AvgIpc) is 2.85. The van der Waals surface area contributed by atoms with Crippen LogP contribution in [0.2, 0.25) is 0 Å². The Morgan fingerprint density at radius 1 is 1.25 bits per heavy atom. The van der Waals surface area contributed by atoms with Gasteiger partial charge in [-0.1, -0.05) is 30.3 Å². The molecule has 2 aliphatic rings. The van der Waals surface area contributed by atoms with Crippen molar-refractivity contribution in [3.05, 3.63) is 59.7 Å². The molecule has 2 saturated heterocycles. The maximum Gasteiger partial charge on any atom is 0.272 e. The van der Waals surface area contributed by atoms with Gasteiger partial charge in [-0.25, -0.2) is 9.97 Å². The van der Waals surface area contributed by atoms with Crippen LogP contribution in [0.15, 0.2) is 42.6 Å². The van der Waals surface area contributed by atoms with Crippen LogP contribution < -0.4 is 0 Å². The number of carbonyl (C=O) groups is 1. The number of aryl methyl sites for hydroxylation is 1. The van der Waals surface area contributed by atoms with Crippen molar-refractivity contribution in [3.63, 3.8) is 0 Å². The highest BCUT2D eigenvalue weighted by molar-refractivity contribution is 5.92. The molecular formula is C25H33N3O4. The zero-order valence-corrected chi connectivity index (χ0v) is 19.1. The Balaban J connectivity index is 1.66. The van der Waals surface area contributed by atoms with Gasteiger partial charge in [0.15, 0.2) is 0 Å². The summed E-state index contributed by atoms with van der Waals surface area (Å²) >= 11 is 0. The first kappa shape index (κ1) is 22.8. The highest BCUT2D eigenvalue weighted by Crippen LogP contribution is 2.51. The van der Waals surface area contributed by atoms with Crippen LogP contribution in [0.3, 0.4) is 0 Å². The van der Waals surface area contributed by atoms with Gasteiger partial charge in [0.1, 0.15) is 17.6 Å². The molecule has 7 nitrogen and oxygen atoms in total. The van der Waals surface area contributed by atoms with E-state index in [4.69, 9.17) is 4.74 Å². The van der Waals surface area contributed by atoms with E-state index in [1.54, 1.807) is 31.1 Å². The van der Waals surface area contributed by atoms with Crippen LogP contribution in [-0.2, 0) is 4.74 Å². The number of rotatable bonds is 5. The molecule has 1 aromatic carbocycles. The minimum atomic E-state index is -0.869. The quantitative estimate of drug-likeness (QED) is 0.744. The molecule has 3 heterocycles. The van der Waals surface area contributed by atoms with Crippen molar-refractivity contribution in [2.24, 2.45) is 0 Å². The number of benzene rings is 1. The van der Waals surface area contributed by atoms with Crippen LogP contribution in [0.5, 0.6) is 0 Å². The van der Waals surface area contributed by atoms with E-state index < -0.39 is 23.3 Å². The van der Waals surface area contributed by atoms with Gasteiger partial charge in [-0.15, -0.1) is 0 Å². The number of hydrogen-bond acceptors (Lipinski definition) is 6. The van der Waals surface area contributed by atoms with Crippen molar-refractivity contribution in [3.8, 4) is 0 Å². The van der Waals surface area contributed by atoms with Gasteiger partial charge in [-0.3, -0.25) is 4.79 Å². The molecule has 2 N–H and O–H groups in total. The Morgan fingerprint density at radius 2 is 2.00 bits per heavy atom. The number of aliphatic hydroxyl groups is 2. The summed E-state index contributed by atoms with van der Waals surface area (Å²) < 4.78 is 6.64. The van der Waals surface area contributed by atoms with Crippen LogP contribution in [0.25, 0.3) is 0 Å². The van der Waals surface area contributed by atoms with E-state index >= 15 is 0 Å². The lowest BCUT2D eigenvalue weighted by atomic mass is 9.73. The minimum Gasteiger partial charge on any atom is -0.396 e. The number of aromatic nitrogens is 2. The van der Waals surface area contributed by atoms with E-state index in [0.717, 1.165) is 6.42 Å². The van der Waals surface area contributed by atoms with Crippen molar-refractivity contribution in [2.45, 2.75) is 75.2 Å². The minimum absolute atomic E-state index is 0.0212. The monoisotopic (exact) mass is 439 g/mol. The van der Waals surface area contributed by atoms with Crippen molar-refractivity contribution in [2.75, 3.05) is 13.7 Å². The lowest BCUT2D eigenvalue weighted by Gasteiger charge is -2.50. The molecule has 2 bridgehead atoms. The van der Waals surface area contributed by atoms with E-state index in [9.17, 15) is 15.0 Å². The van der Waals surface area contributed by atoms with E-state index in [1.807, 2.05) is 25.1 Å². The molecule has 5 atom stereocenters. The van der Waals surface area contributed by atoms with Crippen LogP contribution in [0, 0.1) is 6.92 Å². The molecule has 32 heavy (non-hydrogen) atoms. The summed E-state index contributed by atoms with van der Waals surface area (Å²) in [4.78, 5) is 23.1. The molecule has 0 spiro atoms.